The topological polar surface area (TPSA) is 99.3 Å². The first kappa shape index (κ1) is 23.8. The molecule has 0 amide bonds. The lowest BCUT2D eigenvalue weighted by molar-refractivity contribution is 0.417. The van der Waals surface area contributed by atoms with Crippen LogP contribution in [0.4, 0.5) is 11.4 Å². The summed E-state index contributed by atoms with van der Waals surface area (Å²) in [6, 6.07) is 10.7. The van der Waals surface area contributed by atoms with Gasteiger partial charge < -0.3 is 19.9 Å². The number of hydrogen-bond acceptors (Lipinski definition) is 5. The van der Waals surface area contributed by atoms with Crippen LogP contribution in [0.2, 0.25) is 0 Å². The Kier molecular flexibility index (Phi) is 6.56. The molecule has 3 aromatic rings. The van der Waals surface area contributed by atoms with Crippen molar-refractivity contribution in [2.75, 3.05) is 23.0 Å². The Bertz CT molecular complexity index is 1310. The molecule has 2 atom stereocenters. The van der Waals surface area contributed by atoms with Crippen molar-refractivity contribution in [3.05, 3.63) is 68.8 Å². The number of ether oxygens (including phenoxy) is 1. The van der Waals surface area contributed by atoms with Gasteiger partial charge in [-0.25, -0.2) is 8.42 Å². The van der Waals surface area contributed by atoms with E-state index in [1.54, 1.807) is 18.3 Å². The summed E-state index contributed by atoms with van der Waals surface area (Å²) in [6.07, 6.45) is 2.87. The highest BCUT2D eigenvalue weighted by atomic mass is 127. The van der Waals surface area contributed by atoms with Crippen molar-refractivity contribution in [2.24, 2.45) is 0 Å². The molecule has 3 heterocycles. The van der Waals surface area contributed by atoms with E-state index in [-0.39, 0.29) is 12.1 Å². The van der Waals surface area contributed by atoms with Gasteiger partial charge in [0.1, 0.15) is 5.75 Å². The average Bonchev–Trinajstić information content (AvgIpc) is 3.22. The van der Waals surface area contributed by atoms with E-state index in [9.17, 15) is 8.42 Å². The van der Waals surface area contributed by atoms with Gasteiger partial charge in [0.15, 0.2) is 5.11 Å². The van der Waals surface area contributed by atoms with Gasteiger partial charge in [0.2, 0.25) is 10.0 Å². The molecule has 11 heteroatoms. The first-order valence-corrected chi connectivity index (χ1v) is 13.5. The van der Waals surface area contributed by atoms with Gasteiger partial charge in [-0.2, -0.15) is 0 Å². The molecule has 1 saturated heterocycles. The summed E-state index contributed by atoms with van der Waals surface area (Å²) in [4.78, 5) is 10.0. The zero-order valence-corrected chi connectivity index (χ0v) is 22.3. The number of aromatic amines is 1. The maximum atomic E-state index is 11.9. The van der Waals surface area contributed by atoms with Gasteiger partial charge in [-0.05, 0) is 79.0 Å². The summed E-state index contributed by atoms with van der Waals surface area (Å²) >= 11 is 8.14. The number of hydrogen-bond donors (Lipinski definition) is 3. The van der Waals surface area contributed by atoms with Crippen molar-refractivity contribution in [2.45, 2.75) is 25.9 Å². The summed E-state index contributed by atoms with van der Waals surface area (Å²) in [6.45, 7) is 4.09. The molecule has 1 aliphatic heterocycles. The molecule has 8 nitrogen and oxygen atoms in total. The molecule has 33 heavy (non-hydrogen) atoms. The van der Waals surface area contributed by atoms with E-state index in [1.807, 2.05) is 43.0 Å². The summed E-state index contributed by atoms with van der Waals surface area (Å²) in [5.74, 6) is 0.420. The highest BCUT2D eigenvalue weighted by Gasteiger charge is 2.43. The predicted molar refractivity (Wildman–Crippen MR) is 142 cm³/mol. The fourth-order valence-corrected chi connectivity index (χ4v) is 5.94. The van der Waals surface area contributed by atoms with Crippen molar-refractivity contribution < 1.29 is 13.2 Å². The first-order chi connectivity index (χ1) is 15.6. The normalized spacial score (nSPS) is 18.3. The van der Waals surface area contributed by atoms with E-state index in [0.717, 1.165) is 38.2 Å². The smallest absolute Gasteiger partial charge is 0.229 e. The molecule has 174 valence electrons. The van der Waals surface area contributed by atoms with Gasteiger partial charge in [0.25, 0.3) is 0 Å². The van der Waals surface area contributed by atoms with Crippen molar-refractivity contribution in [3.63, 3.8) is 0 Å². The van der Waals surface area contributed by atoms with Crippen LogP contribution in [-0.4, -0.2) is 36.9 Å². The Labute approximate surface area is 212 Å². The van der Waals surface area contributed by atoms with E-state index in [2.05, 4.69) is 42.6 Å². The fraction of sp³-hybridized carbons (Fsp3) is 0.273. The Morgan fingerprint density at radius 2 is 1.97 bits per heavy atom. The number of halogens is 1. The Balaban J connectivity index is 1.89. The minimum Gasteiger partial charge on any atom is -0.495 e. The molecular formula is C22H24IN5O3S2. The molecule has 0 spiro atoms. The Hall–Kier alpha value is -2.38. The van der Waals surface area contributed by atoms with Crippen LogP contribution in [0, 0.1) is 17.4 Å². The summed E-state index contributed by atoms with van der Waals surface area (Å²) in [5.41, 5.74) is 5.18. The summed E-state index contributed by atoms with van der Waals surface area (Å²) in [5, 5.41) is 3.96. The van der Waals surface area contributed by atoms with Gasteiger partial charge in [-0.1, -0.05) is 6.07 Å². The number of H-pyrrole nitrogens is 1. The molecule has 0 radical (unpaired) electrons. The van der Waals surface area contributed by atoms with Gasteiger partial charge in [0, 0.05) is 32.4 Å². The second-order valence-electron chi connectivity index (χ2n) is 7.86. The molecule has 1 aromatic carbocycles. The van der Waals surface area contributed by atoms with Crippen LogP contribution in [0.5, 0.6) is 5.75 Å². The number of benzene rings is 1. The van der Waals surface area contributed by atoms with Crippen LogP contribution in [0.3, 0.4) is 0 Å². The lowest BCUT2D eigenvalue weighted by atomic mass is 9.96. The molecule has 1 fully saturated rings. The number of sulfonamides is 1. The molecular weight excluding hydrogens is 573 g/mol. The number of pyridine rings is 1. The largest absolute Gasteiger partial charge is 0.495 e. The molecule has 0 saturated carbocycles. The van der Waals surface area contributed by atoms with Gasteiger partial charge in [-0.3, -0.25) is 9.71 Å². The van der Waals surface area contributed by atoms with Crippen LogP contribution in [0.1, 0.15) is 34.7 Å². The van der Waals surface area contributed by atoms with Crippen molar-refractivity contribution >= 4 is 61.3 Å². The minimum absolute atomic E-state index is 0.200. The zero-order chi connectivity index (χ0) is 23.9. The van der Waals surface area contributed by atoms with E-state index >= 15 is 0 Å². The molecule has 3 N–H and O–H groups in total. The van der Waals surface area contributed by atoms with Crippen molar-refractivity contribution in [3.8, 4) is 5.75 Å². The Morgan fingerprint density at radius 3 is 2.55 bits per heavy atom. The molecule has 0 aliphatic carbocycles. The second kappa shape index (κ2) is 9.11. The number of anilines is 2. The third-order valence-corrected chi connectivity index (χ3v) is 7.79. The predicted octanol–water partition coefficient (Wildman–Crippen LogP) is 4.19. The van der Waals surface area contributed by atoms with E-state index in [1.165, 1.54) is 7.11 Å². The van der Waals surface area contributed by atoms with Crippen molar-refractivity contribution in [1.82, 2.24) is 15.3 Å². The number of aryl methyl sites for hydroxylation is 2. The van der Waals surface area contributed by atoms with Crippen LogP contribution >= 0.6 is 34.8 Å². The minimum atomic E-state index is -3.51. The van der Waals surface area contributed by atoms with Crippen molar-refractivity contribution in [1.29, 1.82) is 0 Å². The number of rotatable bonds is 6. The SMILES string of the molecule is COc1ccc(N2C(=S)NC(c3ccccn3)C2c2c(C)[nH]c(C)c2I)cc1NS(C)(=O)=O. The zero-order valence-electron chi connectivity index (χ0n) is 18.5. The number of thiocarbonyl (C=S) groups is 1. The lowest BCUT2D eigenvalue weighted by Gasteiger charge is -2.29. The van der Waals surface area contributed by atoms with Crippen LogP contribution < -0.4 is 19.7 Å². The maximum Gasteiger partial charge on any atom is 0.229 e. The van der Waals surface area contributed by atoms with Crippen LogP contribution in [0.15, 0.2) is 42.6 Å². The number of nitrogens with one attached hydrogen (secondary N) is 3. The highest BCUT2D eigenvalue weighted by molar-refractivity contribution is 14.1. The maximum absolute atomic E-state index is 11.9. The van der Waals surface area contributed by atoms with Gasteiger partial charge in [-0.15, -0.1) is 0 Å². The molecule has 4 rings (SSSR count). The molecule has 0 bridgehead atoms. The molecule has 2 aromatic heterocycles. The standard InChI is InChI=1S/C22H24IN5O3S2/c1-12-18(19(23)13(2)25-12)21-20(15-7-5-6-10-24-15)26-22(32)28(21)14-8-9-17(31-3)16(11-14)27-33(4,29)30/h5-11,20-21,25,27H,1-4H3,(H,26,32). The number of nitrogens with zero attached hydrogens (tertiary/aromatic N) is 2. The molecule has 1 aliphatic rings. The average molecular weight is 598 g/mol. The van der Waals surface area contributed by atoms with Crippen LogP contribution in [0.25, 0.3) is 0 Å². The van der Waals surface area contributed by atoms with E-state index < -0.39 is 10.0 Å². The van der Waals surface area contributed by atoms with Gasteiger partial charge >= 0.3 is 0 Å². The lowest BCUT2D eigenvalue weighted by Crippen LogP contribution is -2.30. The molecule has 2 unspecified atom stereocenters. The number of methoxy groups -OCH3 is 1. The van der Waals surface area contributed by atoms with Crippen LogP contribution in [-0.2, 0) is 10.0 Å². The monoisotopic (exact) mass is 597 g/mol. The second-order valence-corrected chi connectivity index (χ2v) is 11.1. The van der Waals surface area contributed by atoms with E-state index in [0.29, 0.717) is 16.5 Å². The third-order valence-electron chi connectivity index (χ3n) is 5.50. The fourth-order valence-electron chi connectivity index (χ4n) is 4.17. The summed E-state index contributed by atoms with van der Waals surface area (Å²) < 4.78 is 32.9. The third kappa shape index (κ3) is 4.66. The van der Waals surface area contributed by atoms with E-state index in [4.69, 9.17) is 17.0 Å². The van der Waals surface area contributed by atoms with Gasteiger partial charge in [0.05, 0.1) is 36.8 Å². The Morgan fingerprint density at radius 1 is 1.21 bits per heavy atom. The highest BCUT2D eigenvalue weighted by Crippen LogP contribution is 2.45. The summed E-state index contributed by atoms with van der Waals surface area (Å²) in [7, 11) is -2.01. The quantitative estimate of drug-likeness (QED) is 0.290. The first-order valence-electron chi connectivity index (χ1n) is 10.1. The number of aromatic nitrogens is 2.